The van der Waals surface area contributed by atoms with Crippen LogP contribution < -0.4 is 14.8 Å². The second-order valence-corrected chi connectivity index (χ2v) is 6.03. The van der Waals surface area contributed by atoms with E-state index in [1.165, 1.54) is 0 Å². The van der Waals surface area contributed by atoms with Crippen LogP contribution in [0.1, 0.15) is 39.5 Å². The van der Waals surface area contributed by atoms with Crippen LogP contribution in [0.25, 0.3) is 0 Å². The van der Waals surface area contributed by atoms with E-state index in [2.05, 4.69) is 24.0 Å². The van der Waals surface area contributed by atoms with Gasteiger partial charge in [-0.25, -0.2) is 0 Å². The number of nitrogens with zero attached hydrogens (tertiary/aromatic N) is 1. The van der Waals surface area contributed by atoms with Gasteiger partial charge in [-0.05, 0) is 25.0 Å². The Morgan fingerprint density at radius 2 is 1.81 bits per heavy atom. The van der Waals surface area contributed by atoms with Crippen LogP contribution in [-0.4, -0.2) is 48.7 Å². The van der Waals surface area contributed by atoms with E-state index in [-0.39, 0.29) is 19.8 Å². The predicted octanol–water partition coefficient (Wildman–Crippen LogP) is 2.57. The highest BCUT2D eigenvalue weighted by molar-refractivity contribution is 5.32. The number of nitrogens with one attached hydrogen (secondary N) is 1. The second kappa shape index (κ2) is 13.2. The molecular weight excluding hydrogens is 340 g/mol. The van der Waals surface area contributed by atoms with Gasteiger partial charge in [-0.1, -0.05) is 32.8 Å². The third kappa shape index (κ3) is 10.0. The molecule has 0 bridgehead atoms. The average molecular weight is 370 g/mol. The Balaban J connectivity index is 2.32. The summed E-state index contributed by atoms with van der Waals surface area (Å²) in [6.07, 6.45) is 3.82. The first-order chi connectivity index (χ1) is 12.5. The third-order valence-electron chi connectivity index (χ3n) is 3.71. The van der Waals surface area contributed by atoms with Gasteiger partial charge in [0.1, 0.15) is 37.4 Å². The highest BCUT2D eigenvalue weighted by Gasteiger charge is 2.10. The lowest BCUT2D eigenvalue weighted by Crippen LogP contribution is -2.38. The number of rotatable bonds is 15. The first kappa shape index (κ1) is 22.0. The van der Waals surface area contributed by atoms with E-state index in [0.29, 0.717) is 24.1 Å². The number of aliphatic hydroxyl groups excluding tert-OH is 1. The van der Waals surface area contributed by atoms with Crippen molar-refractivity contribution in [1.82, 2.24) is 5.32 Å². The second-order valence-electron chi connectivity index (χ2n) is 6.03. The molecule has 1 rings (SSSR count). The van der Waals surface area contributed by atoms with Crippen molar-refractivity contribution in [3.8, 4) is 11.5 Å². The van der Waals surface area contributed by atoms with Crippen molar-refractivity contribution in [2.45, 2.75) is 51.7 Å². The summed E-state index contributed by atoms with van der Waals surface area (Å²) in [6, 6.07) is 7.33. The molecule has 0 saturated heterocycles. The minimum absolute atomic E-state index is 0.0627. The van der Waals surface area contributed by atoms with Gasteiger partial charge in [0, 0.05) is 18.7 Å². The largest absolute Gasteiger partial charge is 0.491 e. The maximum absolute atomic E-state index is 10.1. The Hall–Kier alpha value is -2.06. The zero-order chi connectivity index (χ0) is 19.2. The van der Waals surface area contributed by atoms with Gasteiger partial charge in [0.25, 0.3) is 5.09 Å². The van der Waals surface area contributed by atoms with Gasteiger partial charge in [-0.2, -0.15) is 0 Å². The van der Waals surface area contributed by atoms with Gasteiger partial charge < -0.3 is 24.7 Å². The molecule has 8 heteroatoms. The van der Waals surface area contributed by atoms with E-state index in [1.807, 2.05) is 0 Å². The maximum Gasteiger partial charge on any atom is 0.294 e. The smallest absolute Gasteiger partial charge is 0.294 e. The Kier molecular flexibility index (Phi) is 11.1. The van der Waals surface area contributed by atoms with Crippen LogP contribution in [-0.2, 0) is 4.84 Å². The van der Waals surface area contributed by atoms with Crippen molar-refractivity contribution in [1.29, 1.82) is 0 Å². The minimum Gasteiger partial charge on any atom is -0.491 e. The van der Waals surface area contributed by atoms with Crippen LogP contribution >= 0.6 is 0 Å². The first-order valence-electron chi connectivity index (χ1n) is 9.09. The summed E-state index contributed by atoms with van der Waals surface area (Å²) in [5, 5.41) is 22.7. The molecule has 1 atom stereocenters. The van der Waals surface area contributed by atoms with Crippen LogP contribution in [0, 0.1) is 10.1 Å². The van der Waals surface area contributed by atoms with Gasteiger partial charge in [0.15, 0.2) is 0 Å². The van der Waals surface area contributed by atoms with Gasteiger partial charge in [0.2, 0.25) is 0 Å². The molecule has 0 spiro atoms. The van der Waals surface area contributed by atoms with Crippen LogP contribution in [0.4, 0.5) is 0 Å². The van der Waals surface area contributed by atoms with Crippen molar-refractivity contribution < 1.29 is 24.5 Å². The number of hydrogen-bond donors (Lipinski definition) is 2. The molecule has 0 aliphatic carbocycles. The molecule has 0 radical (unpaired) electrons. The zero-order valence-corrected chi connectivity index (χ0v) is 15.6. The highest BCUT2D eigenvalue weighted by atomic mass is 17.0. The molecule has 1 unspecified atom stereocenters. The zero-order valence-electron chi connectivity index (χ0n) is 15.6. The molecule has 1 aromatic carbocycles. The van der Waals surface area contributed by atoms with Crippen LogP contribution in [0.3, 0.4) is 0 Å². The molecule has 0 saturated carbocycles. The summed E-state index contributed by atoms with van der Waals surface area (Å²) in [5.74, 6) is 1.09. The fourth-order valence-electron chi connectivity index (χ4n) is 2.52. The fourth-order valence-corrected chi connectivity index (χ4v) is 2.52. The van der Waals surface area contributed by atoms with E-state index in [4.69, 9.17) is 9.47 Å². The molecule has 1 aromatic rings. The lowest BCUT2D eigenvalue weighted by molar-refractivity contribution is -0.757. The van der Waals surface area contributed by atoms with E-state index in [0.717, 1.165) is 25.7 Å². The normalized spacial score (nSPS) is 12.0. The standard InChI is InChI=1S/C18H30N2O6/c1-3-6-15(7-4-2)19-13-16(21)14-25-18-9-5-8-17(12-18)24-10-11-26-20(22)23/h5,8-9,12,15-16,19,21H,3-4,6-7,10-11,13-14H2,1-2H3. The maximum atomic E-state index is 10.1. The van der Waals surface area contributed by atoms with Gasteiger partial charge >= 0.3 is 0 Å². The Bertz CT molecular complexity index is 508. The average Bonchev–Trinajstić information content (AvgIpc) is 2.62. The number of ether oxygens (including phenoxy) is 2. The molecule has 0 aliphatic heterocycles. The summed E-state index contributed by atoms with van der Waals surface area (Å²) in [7, 11) is 0. The van der Waals surface area contributed by atoms with E-state index in [1.54, 1.807) is 24.3 Å². The number of aliphatic hydroxyl groups is 1. The molecule has 2 N–H and O–H groups in total. The quantitative estimate of drug-likeness (QED) is 0.278. The summed E-state index contributed by atoms with van der Waals surface area (Å²) in [5.41, 5.74) is 0. The molecule has 8 nitrogen and oxygen atoms in total. The molecule has 0 aliphatic rings. The third-order valence-corrected chi connectivity index (χ3v) is 3.71. The first-order valence-corrected chi connectivity index (χ1v) is 9.09. The summed E-state index contributed by atoms with van der Waals surface area (Å²) in [4.78, 5) is 14.2. The Morgan fingerprint density at radius 3 is 2.42 bits per heavy atom. The van der Waals surface area contributed by atoms with Crippen molar-refractivity contribution in [2.24, 2.45) is 0 Å². The minimum atomic E-state index is -0.857. The van der Waals surface area contributed by atoms with Gasteiger partial charge in [0.05, 0.1) is 0 Å². The monoisotopic (exact) mass is 370 g/mol. The molecule has 0 aromatic heterocycles. The molecular formula is C18H30N2O6. The molecule has 0 heterocycles. The van der Waals surface area contributed by atoms with Crippen molar-refractivity contribution in [3.63, 3.8) is 0 Å². The SMILES string of the molecule is CCCC(CCC)NCC(O)COc1cccc(OCCO[N+](=O)[O-])c1. The van der Waals surface area contributed by atoms with Gasteiger partial charge in [-0.3, -0.25) is 0 Å². The predicted molar refractivity (Wildman–Crippen MR) is 98.0 cm³/mol. The van der Waals surface area contributed by atoms with Gasteiger partial charge in [-0.15, -0.1) is 10.1 Å². The topological polar surface area (TPSA) is 103 Å². The van der Waals surface area contributed by atoms with Crippen molar-refractivity contribution in [2.75, 3.05) is 26.4 Å². The summed E-state index contributed by atoms with van der Waals surface area (Å²) in [6.45, 7) is 4.89. The lowest BCUT2D eigenvalue weighted by Gasteiger charge is -2.20. The van der Waals surface area contributed by atoms with Crippen molar-refractivity contribution >= 4 is 0 Å². The van der Waals surface area contributed by atoms with E-state index >= 15 is 0 Å². The van der Waals surface area contributed by atoms with E-state index in [9.17, 15) is 15.2 Å². The van der Waals surface area contributed by atoms with Crippen LogP contribution in [0.5, 0.6) is 11.5 Å². The Morgan fingerprint density at radius 1 is 1.15 bits per heavy atom. The molecule has 0 fully saturated rings. The van der Waals surface area contributed by atoms with Crippen LogP contribution in [0.2, 0.25) is 0 Å². The lowest BCUT2D eigenvalue weighted by atomic mass is 10.1. The number of benzene rings is 1. The number of hydrogen-bond acceptors (Lipinski definition) is 7. The van der Waals surface area contributed by atoms with E-state index < -0.39 is 11.2 Å². The van der Waals surface area contributed by atoms with Crippen molar-refractivity contribution in [3.05, 3.63) is 34.4 Å². The molecule has 26 heavy (non-hydrogen) atoms. The fraction of sp³-hybridized carbons (Fsp3) is 0.667. The Labute approximate surface area is 154 Å². The van der Waals surface area contributed by atoms with Crippen LogP contribution in [0.15, 0.2) is 24.3 Å². The summed E-state index contributed by atoms with van der Waals surface area (Å²) < 4.78 is 10.9. The molecule has 0 amide bonds. The highest BCUT2D eigenvalue weighted by Crippen LogP contribution is 2.19. The summed E-state index contributed by atoms with van der Waals surface area (Å²) >= 11 is 0. The molecule has 148 valence electrons.